The second-order valence-corrected chi connectivity index (χ2v) is 13.8. The Morgan fingerprint density at radius 3 is 2.35 bits per heavy atom. The second kappa shape index (κ2) is 14.6. The molecule has 0 unspecified atom stereocenters. The van der Waals surface area contributed by atoms with E-state index in [1.165, 1.54) is 28.6 Å². The first-order chi connectivity index (χ1) is 22.0. The van der Waals surface area contributed by atoms with E-state index in [0.29, 0.717) is 31.6 Å². The number of aryl methyl sites for hydroxylation is 1. The number of carbonyl (C=O) groups excluding carboxylic acids is 1. The summed E-state index contributed by atoms with van der Waals surface area (Å²) >= 11 is 0. The minimum Gasteiger partial charge on any atom is -0.324 e. The van der Waals surface area contributed by atoms with Crippen molar-refractivity contribution in [2.75, 3.05) is 18.4 Å². The lowest BCUT2D eigenvalue weighted by Gasteiger charge is -2.40. The SMILES string of the molecule is Cc1ccc([C@H](Cc2ccc(F)cc2)[C@H](N)C(=O)Nc2cccc(F)c2CC[C@H]2CNC[C@H](C)N2S(=O)(=O)c2ccccc2)cc1. The van der Waals surface area contributed by atoms with Crippen LogP contribution >= 0.6 is 0 Å². The lowest BCUT2D eigenvalue weighted by Crippen LogP contribution is -2.58. The third-order valence-electron chi connectivity index (χ3n) is 8.65. The monoisotopic (exact) mass is 646 g/mol. The van der Waals surface area contributed by atoms with Crippen molar-refractivity contribution in [2.45, 2.75) is 62.0 Å². The van der Waals surface area contributed by atoms with Gasteiger partial charge in [0.2, 0.25) is 15.9 Å². The zero-order valence-corrected chi connectivity index (χ0v) is 26.8. The molecule has 1 heterocycles. The molecule has 1 saturated heterocycles. The molecule has 4 aromatic carbocycles. The Balaban J connectivity index is 1.36. The summed E-state index contributed by atoms with van der Waals surface area (Å²) < 4.78 is 57.8. The Bertz CT molecular complexity index is 1740. The van der Waals surface area contributed by atoms with Gasteiger partial charge < -0.3 is 16.4 Å². The van der Waals surface area contributed by atoms with Crippen molar-refractivity contribution in [3.8, 4) is 0 Å². The summed E-state index contributed by atoms with van der Waals surface area (Å²) in [5.74, 6) is -1.77. The van der Waals surface area contributed by atoms with Crippen LogP contribution in [0.5, 0.6) is 0 Å². The highest BCUT2D eigenvalue weighted by molar-refractivity contribution is 7.89. The van der Waals surface area contributed by atoms with E-state index in [9.17, 15) is 17.6 Å². The zero-order chi connectivity index (χ0) is 32.8. The molecule has 0 aliphatic carbocycles. The molecule has 0 aromatic heterocycles. The minimum absolute atomic E-state index is 0.189. The Morgan fingerprint density at radius 1 is 0.957 bits per heavy atom. The van der Waals surface area contributed by atoms with Gasteiger partial charge in [-0.2, -0.15) is 4.31 Å². The molecule has 1 aliphatic rings. The molecular formula is C36H40F2N4O3S. The van der Waals surface area contributed by atoms with E-state index in [4.69, 9.17) is 5.73 Å². The van der Waals surface area contributed by atoms with Gasteiger partial charge in [-0.05, 0) is 80.6 Å². The Hall–Kier alpha value is -3.96. The highest BCUT2D eigenvalue weighted by Crippen LogP contribution is 2.29. The fourth-order valence-corrected chi connectivity index (χ4v) is 8.02. The Morgan fingerprint density at radius 2 is 1.65 bits per heavy atom. The van der Waals surface area contributed by atoms with Gasteiger partial charge in [0.15, 0.2) is 0 Å². The average molecular weight is 647 g/mol. The van der Waals surface area contributed by atoms with E-state index in [1.807, 2.05) is 38.1 Å². The van der Waals surface area contributed by atoms with E-state index in [-0.39, 0.29) is 28.7 Å². The summed E-state index contributed by atoms with van der Waals surface area (Å²) in [7, 11) is -3.79. The van der Waals surface area contributed by atoms with Crippen LogP contribution in [0, 0.1) is 18.6 Å². The maximum Gasteiger partial charge on any atom is 0.243 e. The van der Waals surface area contributed by atoms with E-state index >= 15 is 4.39 Å². The summed E-state index contributed by atoms with van der Waals surface area (Å²) in [4.78, 5) is 13.9. The molecule has 1 fully saturated rings. The molecule has 1 amide bonds. The van der Waals surface area contributed by atoms with Crippen LogP contribution in [0.4, 0.5) is 14.5 Å². The minimum atomic E-state index is -3.79. The van der Waals surface area contributed by atoms with Gasteiger partial charge >= 0.3 is 0 Å². The number of benzene rings is 4. The molecule has 0 spiro atoms. The number of rotatable bonds is 11. The van der Waals surface area contributed by atoms with Crippen LogP contribution < -0.4 is 16.4 Å². The predicted molar refractivity (Wildman–Crippen MR) is 177 cm³/mol. The van der Waals surface area contributed by atoms with Crippen LogP contribution in [-0.2, 0) is 27.7 Å². The predicted octanol–water partition coefficient (Wildman–Crippen LogP) is 5.55. The number of carbonyl (C=O) groups is 1. The fourth-order valence-electron chi connectivity index (χ4n) is 6.16. The van der Waals surface area contributed by atoms with E-state index < -0.39 is 39.7 Å². The first-order valence-electron chi connectivity index (χ1n) is 15.5. The summed E-state index contributed by atoms with van der Waals surface area (Å²) in [6, 6.07) is 24.9. The van der Waals surface area contributed by atoms with Crippen molar-refractivity contribution >= 4 is 21.6 Å². The smallest absolute Gasteiger partial charge is 0.243 e. The number of nitrogens with one attached hydrogen (secondary N) is 2. The number of hydrogen-bond donors (Lipinski definition) is 3. The molecule has 0 radical (unpaired) electrons. The summed E-state index contributed by atoms with van der Waals surface area (Å²) in [5.41, 5.74) is 9.93. The quantitative estimate of drug-likeness (QED) is 0.198. The third-order valence-corrected chi connectivity index (χ3v) is 10.7. The maximum absolute atomic E-state index is 15.3. The van der Waals surface area contributed by atoms with E-state index in [0.717, 1.165) is 16.7 Å². The molecule has 4 aromatic rings. The molecular weight excluding hydrogens is 606 g/mol. The molecule has 4 N–H and O–H groups in total. The van der Waals surface area contributed by atoms with Crippen molar-refractivity contribution < 1.29 is 22.0 Å². The molecule has 4 atom stereocenters. The van der Waals surface area contributed by atoms with Gasteiger partial charge in [0.25, 0.3) is 0 Å². The lowest BCUT2D eigenvalue weighted by molar-refractivity contribution is -0.117. The molecule has 5 rings (SSSR count). The molecule has 242 valence electrons. The number of halogens is 2. The normalized spacial score (nSPS) is 18.5. The fraction of sp³-hybridized carbons (Fsp3) is 0.306. The van der Waals surface area contributed by atoms with Gasteiger partial charge in [-0.25, -0.2) is 17.2 Å². The van der Waals surface area contributed by atoms with Crippen molar-refractivity contribution in [2.24, 2.45) is 5.73 Å². The summed E-state index contributed by atoms with van der Waals surface area (Å²) in [6.07, 6.45) is 0.913. The van der Waals surface area contributed by atoms with Gasteiger partial charge in [-0.1, -0.05) is 66.2 Å². The molecule has 1 aliphatic heterocycles. The maximum atomic E-state index is 15.3. The number of nitrogens with zero attached hydrogens (tertiary/aromatic N) is 1. The van der Waals surface area contributed by atoms with Gasteiger partial charge in [0.05, 0.1) is 10.9 Å². The highest BCUT2D eigenvalue weighted by atomic mass is 32.2. The van der Waals surface area contributed by atoms with Crippen LogP contribution in [-0.4, -0.2) is 49.8 Å². The van der Waals surface area contributed by atoms with Crippen LogP contribution in [0.25, 0.3) is 0 Å². The molecule has 10 heteroatoms. The first kappa shape index (κ1) is 33.4. The van der Waals surface area contributed by atoms with Crippen molar-refractivity contribution in [1.29, 1.82) is 0 Å². The van der Waals surface area contributed by atoms with Gasteiger partial charge in [-0.15, -0.1) is 0 Å². The molecule has 7 nitrogen and oxygen atoms in total. The summed E-state index contributed by atoms with van der Waals surface area (Å²) in [5, 5.41) is 6.16. The first-order valence-corrected chi connectivity index (χ1v) is 16.9. The number of hydrogen-bond acceptors (Lipinski definition) is 5. The van der Waals surface area contributed by atoms with Crippen LogP contribution in [0.2, 0.25) is 0 Å². The van der Waals surface area contributed by atoms with Gasteiger partial charge in [-0.3, -0.25) is 4.79 Å². The summed E-state index contributed by atoms with van der Waals surface area (Å²) in [6.45, 7) is 4.74. The van der Waals surface area contributed by atoms with Crippen molar-refractivity contribution in [3.05, 3.63) is 131 Å². The highest BCUT2D eigenvalue weighted by Gasteiger charge is 2.38. The number of anilines is 1. The molecule has 0 saturated carbocycles. The third kappa shape index (κ3) is 7.70. The lowest BCUT2D eigenvalue weighted by atomic mass is 9.85. The molecule has 46 heavy (non-hydrogen) atoms. The van der Waals surface area contributed by atoms with Crippen LogP contribution in [0.15, 0.2) is 102 Å². The Labute approximate surface area is 269 Å². The second-order valence-electron chi connectivity index (χ2n) is 12.0. The number of amides is 1. The molecule has 0 bridgehead atoms. The van der Waals surface area contributed by atoms with E-state index in [2.05, 4.69) is 10.6 Å². The standard InChI is InChI=1S/C36H40F2N4O3S/c1-24-11-15-27(16-12-24)32(21-26-13-17-28(37)18-14-26)35(39)36(43)41-34-10-6-9-33(38)31(34)20-19-29-23-40-22-25(2)42(29)46(44,45)30-7-4-3-5-8-30/h3-18,25,29,32,35,40H,19-23,39H2,1-2H3,(H,41,43)/t25-,29-,32-,35-/m0/s1. The average Bonchev–Trinajstić information content (AvgIpc) is 3.04. The van der Waals surface area contributed by atoms with Crippen LogP contribution in [0.1, 0.15) is 41.5 Å². The number of nitrogens with two attached hydrogens (primary N) is 1. The van der Waals surface area contributed by atoms with Gasteiger partial charge in [0.1, 0.15) is 11.6 Å². The number of sulfonamides is 1. The Kier molecular flexibility index (Phi) is 10.6. The zero-order valence-electron chi connectivity index (χ0n) is 26.0. The van der Waals surface area contributed by atoms with Crippen molar-refractivity contribution in [1.82, 2.24) is 9.62 Å². The van der Waals surface area contributed by atoms with Gasteiger partial charge in [0, 0.05) is 42.3 Å². The topological polar surface area (TPSA) is 105 Å². The van der Waals surface area contributed by atoms with E-state index in [1.54, 1.807) is 48.5 Å². The number of piperazine rings is 1. The van der Waals surface area contributed by atoms with Crippen LogP contribution in [0.3, 0.4) is 0 Å². The largest absolute Gasteiger partial charge is 0.324 e. The van der Waals surface area contributed by atoms with Crippen molar-refractivity contribution in [3.63, 3.8) is 0 Å².